The molecule has 0 spiro atoms. The molecule has 3 aromatic carbocycles. The van der Waals surface area contributed by atoms with E-state index in [1.54, 1.807) is 48.5 Å². The summed E-state index contributed by atoms with van der Waals surface area (Å²) in [7, 11) is -0.934. The third-order valence-electron chi connectivity index (χ3n) is 5.68. The van der Waals surface area contributed by atoms with E-state index in [2.05, 4.69) is 0 Å². The smallest absolute Gasteiger partial charge is 0.300 e. The van der Waals surface area contributed by atoms with Gasteiger partial charge in [0.15, 0.2) is 0 Å². The first-order chi connectivity index (χ1) is 16.7. The van der Waals surface area contributed by atoms with Crippen LogP contribution in [0, 0.1) is 0 Å². The monoisotopic (exact) mass is 494 g/mol. The fraction of sp³-hybridized carbons (Fsp3) is 0.120. The number of benzene rings is 3. The lowest BCUT2D eigenvalue weighted by Crippen LogP contribution is -2.29. The number of aliphatic hydroxyl groups is 1. The Bertz CT molecular complexity index is 1410. The topological polar surface area (TPSA) is 136 Å². The lowest BCUT2D eigenvalue weighted by Gasteiger charge is -2.25. The van der Waals surface area contributed by atoms with E-state index in [1.165, 1.54) is 43.4 Å². The van der Waals surface area contributed by atoms with E-state index >= 15 is 0 Å². The zero-order chi connectivity index (χ0) is 25.3. The van der Waals surface area contributed by atoms with Crippen LogP contribution < -0.4 is 19.5 Å². The second-order valence-electron chi connectivity index (χ2n) is 7.71. The number of ketones is 1. The highest BCUT2D eigenvalue weighted by Gasteiger charge is 2.47. The largest absolute Gasteiger partial charge is 0.507 e. The lowest BCUT2D eigenvalue weighted by molar-refractivity contribution is -0.132. The molecule has 1 heterocycles. The number of rotatable bonds is 6. The van der Waals surface area contributed by atoms with E-state index in [1.807, 2.05) is 0 Å². The molecule has 35 heavy (non-hydrogen) atoms. The zero-order valence-electron chi connectivity index (χ0n) is 18.8. The van der Waals surface area contributed by atoms with Crippen LogP contribution in [-0.2, 0) is 19.6 Å². The standard InChI is InChI=1S/C25H22N2O7S/c1-33-18-9-3-15(4-10-18)22-21(23(28)16-5-11-19(34-2)12-6-16)24(29)25(30)27(22)17-7-13-20(14-8-17)35(26,31)32/h3-14,22,28H,1-2H3,(H2,26,31,32)/b23-21+. The lowest BCUT2D eigenvalue weighted by atomic mass is 9.95. The van der Waals surface area contributed by atoms with E-state index in [9.17, 15) is 23.1 Å². The number of anilines is 1. The van der Waals surface area contributed by atoms with Crippen LogP contribution in [0.2, 0.25) is 0 Å². The Balaban J connectivity index is 1.89. The van der Waals surface area contributed by atoms with E-state index in [0.29, 0.717) is 22.6 Å². The summed E-state index contributed by atoms with van der Waals surface area (Å²) in [5.74, 6) is -0.976. The molecule has 10 heteroatoms. The van der Waals surface area contributed by atoms with Crippen LogP contribution in [0.1, 0.15) is 17.2 Å². The van der Waals surface area contributed by atoms with Crippen LogP contribution >= 0.6 is 0 Å². The normalized spacial score (nSPS) is 17.5. The van der Waals surface area contributed by atoms with Gasteiger partial charge < -0.3 is 14.6 Å². The third-order valence-corrected chi connectivity index (χ3v) is 6.61. The minimum absolute atomic E-state index is 0.110. The molecular formula is C25H22N2O7S. The maximum atomic E-state index is 13.2. The maximum Gasteiger partial charge on any atom is 0.300 e. The van der Waals surface area contributed by atoms with Crippen molar-refractivity contribution < 1.29 is 32.6 Å². The van der Waals surface area contributed by atoms with Crippen molar-refractivity contribution >= 4 is 33.2 Å². The second-order valence-corrected chi connectivity index (χ2v) is 9.27. The SMILES string of the molecule is COc1ccc(/C(O)=C2\C(=O)C(=O)N(c3ccc(S(N)(=O)=O)cc3)C2c2ccc(OC)cc2)cc1. The molecule has 1 amide bonds. The molecule has 0 aliphatic carbocycles. The summed E-state index contributed by atoms with van der Waals surface area (Å²) >= 11 is 0. The van der Waals surface area contributed by atoms with Gasteiger partial charge in [-0.15, -0.1) is 0 Å². The van der Waals surface area contributed by atoms with Gasteiger partial charge in [0, 0.05) is 11.3 Å². The zero-order valence-corrected chi connectivity index (χ0v) is 19.7. The first-order valence-electron chi connectivity index (χ1n) is 10.4. The summed E-state index contributed by atoms with van der Waals surface area (Å²) in [6.45, 7) is 0. The summed E-state index contributed by atoms with van der Waals surface area (Å²) < 4.78 is 33.7. The molecule has 180 valence electrons. The molecule has 1 fully saturated rings. The number of carbonyl (C=O) groups is 2. The first-order valence-corrected chi connectivity index (χ1v) is 11.9. The highest BCUT2D eigenvalue weighted by Crippen LogP contribution is 2.42. The molecule has 9 nitrogen and oxygen atoms in total. The van der Waals surface area contributed by atoms with Crippen LogP contribution in [0.15, 0.2) is 83.3 Å². The number of primary sulfonamides is 1. The highest BCUT2D eigenvalue weighted by atomic mass is 32.2. The van der Waals surface area contributed by atoms with Gasteiger partial charge in [-0.05, 0) is 66.2 Å². The second kappa shape index (κ2) is 9.24. The molecule has 4 rings (SSSR count). The highest BCUT2D eigenvalue weighted by molar-refractivity contribution is 7.89. The van der Waals surface area contributed by atoms with Crippen molar-refractivity contribution in [2.24, 2.45) is 5.14 Å². The van der Waals surface area contributed by atoms with Crippen molar-refractivity contribution in [3.8, 4) is 11.5 Å². The average molecular weight is 495 g/mol. The maximum absolute atomic E-state index is 13.2. The Morgan fingerprint density at radius 1 is 0.857 bits per heavy atom. The molecule has 1 unspecified atom stereocenters. The Morgan fingerprint density at radius 2 is 1.37 bits per heavy atom. The van der Waals surface area contributed by atoms with Gasteiger partial charge in [-0.1, -0.05) is 12.1 Å². The molecule has 1 saturated heterocycles. The van der Waals surface area contributed by atoms with E-state index in [-0.39, 0.29) is 21.9 Å². The third kappa shape index (κ3) is 4.48. The molecular weight excluding hydrogens is 472 g/mol. The summed E-state index contributed by atoms with van der Waals surface area (Å²) in [5.41, 5.74) is 1.01. The van der Waals surface area contributed by atoms with Gasteiger partial charge in [-0.2, -0.15) is 0 Å². The minimum atomic E-state index is -3.95. The number of nitrogens with two attached hydrogens (primary N) is 1. The molecule has 3 aromatic rings. The summed E-state index contributed by atoms with van der Waals surface area (Å²) in [4.78, 5) is 27.4. The quantitative estimate of drug-likeness (QED) is 0.305. The van der Waals surface area contributed by atoms with Crippen molar-refractivity contribution in [3.05, 3.63) is 89.5 Å². The molecule has 1 aliphatic heterocycles. The van der Waals surface area contributed by atoms with Crippen LogP contribution in [0.4, 0.5) is 5.69 Å². The van der Waals surface area contributed by atoms with Crippen molar-refractivity contribution in [2.45, 2.75) is 10.9 Å². The number of amides is 1. The predicted molar refractivity (Wildman–Crippen MR) is 129 cm³/mol. The van der Waals surface area contributed by atoms with E-state index in [4.69, 9.17) is 14.6 Å². The molecule has 0 aromatic heterocycles. The van der Waals surface area contributed by atoms with Crippen molar-refractivity contribution in [3.63, 3.8) is 0 Å². The first kappa shape index (κ1) is 24.0. The van der Waals surface area contributed by atoms with Crippen LogP contribution in [0.25, 0.3) is 5.76 Å². The molecule has 0 saturated carbocycles. The molecule has 1 atom stereocenters. The molecule has 0 bridgehead atoms. The van der Waals surface area contributed by atoms with Crippen molar-refractivity contribution in [1.29, 1.82) is 0 Å². The van der Waals surface area contributed by atoms with Gasteiger partial charge in [0.05, 0.1) is 30.7 Å². The predicted octanol–water partition coefficient (Wildman–Crippen LogP) is 2.98. The minimum Gasteiger partial charge on any atom is -0.507 e. The van der Waals surface area contributed by atoms with Crippen LogP contribution in [-0.4, -0.2) is 39.4 Å². The van der Waals surface area contributed by atoms with Gasteiger partial charge in [0.1, 0.15) is 17.3 Å². The molecule has 0 radical (unpaired) electrons. The van der Waals surface area contributed by atoms with Crippen molar-refractivity contribution in [1.82, 2.24) is 0 Å². The Hall–Kier alpha value is -4.15. The summed E-state index contributed by atoms with van der Waals surface area (Å²) in [6.07, 6.45) is 0. The summed E-state index contributed by atoms with van der Waals surface area (Å²) in [6, 6.07) is 17.4. The Morgan fingerprint density at radius 3 is 1.86 bits per heavy atom. The number of hydrogen-bond acceptors (Lipinski definition) is 7. The van der Waals surface area contributed by atoms with Gasteiger partial charge in [0.2, 0.25) is 10.0 Å². The number of sulfonamides is 1. The number of carbonyl (C=O) groups excluding carboxylic acids is 2. The fourth-order valence-corrected chi connectivity index (χ4v) is 4.42. The number of hydrogen-bond donors (Lipinski definition) is 2. The van der Waals surface area contributed by atoms with Gasteiger partial charge in [0.25, 0.3) is 11.7 Å². The number of nitrogens with zero attached hydrogens (tertiary/aromatic N) is 1. The Labute approximate surface area is 202 Å². The number of Topliss-reactive ketones (excluding diaryl/α,β-unsaturated/α-hetero) is 1. The fourth-order valence-electron chi connectivity index (χ4n) is 3.90. The van der Waals surface area contributed by atoms with Crippen LogP contribution in [0.5, 0.6) is 11.5 Å². The van der Waals surface area contributed by atoms with E-state index < -0.39 is 27.8 Å². The average Bonchev–Trinajstić information content (AvgIpc) is 3.13. The van der Waals surface area contributed by atoms with Gasteiger partial charge in [-0.3, -0.25) is 14.5 Å². The van der Waals surface area contributed by atoms with Crippen molar-refractivity contribution in [2.75, 3.05) is 19.1 Å². The number of methoxy groups -OCH3 is 2. The molecule has 1 aliphatic rings. The number of ether oxygens (including phenoxy) is 2. The van der Waals surface area contributed by atoms with Gasteiger partial charge >= 0.3 is 0 Å². The molecule has 3 N–H and O–H groups in total. The Kier molecular flexibility index (Phi) is 6.33. The number of aliphatic hydroxyl groups excluding tert-OH is 1. The van der Waals surface area contributed by atoms with Crippen LogP contribution in [0.3, 0.4) is 0 Å². The summed E-state index contributed by atoms with van der Waals surface area (Å²) in [5, 5.41) is 16.3. The van der Waals surface area contributed by atoms with Gasteiger partial charge in [-0.25, -0.2) is 13.6 Å². The van der Waals surface area contributed by atoms with E-state index in [0.717, 1.165) is 0 Å².